The molecule has 2 rings (SSSR count). The van der Waals surface area contributed by atoms with Crippen LogP contribution in [0.25, 0.3) is 0 Å². The van der Waals surface area contributed by atoms with Crippen LogP contribution in [0.15, 0.2) is 17.0 Å². The molecule has 0 unspecified atom stereocenters. The van der Waals surface area contributed by atoms with E-state index >= 15 is 0 Å². The summed E-state index contributed by atoms with van der Waals surface area (Å²) in [5.41, 5.74) is 1.13. The number of ether oxygens (including phenoxy) is 2. The number of thioether (sulfide) groups is 1. The van der Waals surface area contributed by atoms with Gasteiger partial charge < -0.3 is 14.8 Å². The summed E-state index contributed by atoms with van der Waals surface area (Å²) in [5.74, 6) is 1.89. The highest BCUT2D eigenvalue weighted by Gasteiger charge is 2.20. The molecular weight excluding hydrogens is 338 g/mol. The molecule has 1 aliphatic heterocycles. The molecule has 1 fully saturated rings. The van der Waals surface area contributed by atoms with Gasteiger partial charge in [0.05, 0.1) is 25.7 Å². The lowest BCUT2D eigenvalue weighted by molar-refractivity contribution is -0.122. The van der Waals surface area contributed by atoms with E-state index in [1.54, 1.807) is 26.0 Å². The zero-order valence-corrected chi connectivity index (χ0v) is 16.4. The zero-order valence-electron chi connectivity index (χ0n) is 15.6. The molecule has 1 aliphatic rings. The van der Waals surface area contributed by atoms with Crippen LogP contribution in [0.1, 0.15) is 12.5 Å². The highest BCUT2D eigenvalue weighted by Crippen LogP contribution is 2.35. The lowest BCUT2D eigenvalue weighted by atomic mass is 10.1. The first-order valence-electron chi connectivity index (χ1n) is 8.61. The predicted octanol–water partition coefficient (Wildman–Crippen LogP) is 1.68. The first-order chi connectivity index (χ1) is 12.1. The number of nitrogens with zero attached hydrogens (tertiary/aromatic N) is 2. The van der Waals surface area contributed by atoms with Crippen molar-refractivity contribution in [3.63, 3.8) is 0 Å². The molecule has 1 aromatic rings. The van der Waals surface area contributed by atoms with E-state index in [2.05, 4.69) is 21.2 Å². The number of piperazine rings is 1. The monoisotopic (exact) mass is 367 g/mol. The Morgan fingerprint density at radius 2 is 1.76 bits per heavy atom. The van der Waals surface area contributed by atoms with Crippen molar-refractivity contribution in [3.8, 4) is 11.5 Å². The van der Waals surface area contributed by atoms with Crippen molar-refractivity contribution in [2.24, 2.45) is 0 Å². The van der Waals surface area contributed by atoms with E-state index in [1.165, 1.54) is 0 Å². The van der Waals surface area contributed by atoms with Crippen molar-refractivity contribution >= 4 is 17.7 Å². The molecule has 25 heavy (non-hydrogen) atoms. The van der Waals surface area contributed by atoms with Gasteiger partial charge in [0.2, 0.25) is 5.91 Å². The Kier molecular flexibility index (Phi) is 7.87. The van der Waals surface area contributed by atoms with Gasteiger partial charge in [0.1, 0.15) is 11.5 Å². The van der Waals surface area contributed by atoms with Gasteiger partial charge in [-0.3, -0.25) is 14.6 Å². The number of nitrogens with one attached hydrogen (secondary N) is 1. The van der Waals surface area contributed by atoms with Crippen LogP contribution in [0.2, 0.25) is 0 Å². The largest absolute Gasteiger partial charge is 0.496 e. The van der Waals surface area contributed by atoms with E-state index < -0.39 is 0 Å². The Balaban J connectivity index is 1.96. The Morgan fingerprint density at radius 1 is 1.12 bits per heavy atom. The van der Waals surface area contributed by atoms with E-state index in [4.69, 9.17) is 9.47 Å². The molecule has 6 nitrogen and oxygen atoms in total. The van der Waals surface area contributed by atoms with Crippen molar-refractivity contribution in [2.45, 2.75) is 18.4 Å². The van der Waals surface area contributed by atoms with Crippen LogP contribution >= 0.6 is 11.8 Å². The van der Waals surface area contributed by atoms with Crippen LogP contribution in [0.4, 0.5) is 0 Å². The van der Waals surface area contributed by atoms with Crippen LogP contribution in [0.3, 0.4) is 0 Å². The molecule has 1 saturated heterocycles. The minimum atomic E-state index is 0.106. The minimum absolute atomic E-state index is 0.106. The summed E-state index contributed by atoms with van der Waals surface area (Å²) in [4.78, 5) is 17.4. The van der Waals surface area contributed by atoms with Gasteiger partial charge in [-0.1, -0.05) is 0 Å². The number of carbonyl (C=O) groups is 1. The van der Waals surface area contributed by atoms with Gasteiger partial charge in [-0.15, -0.1) is 11.8 Å². The maximum atomic E-state index is 11.7. The second-order valence-corrected chi connectivity index (χ2v) is 6.87. The number of methoxy groups -OCH3 is 2. The second-order valence-electron chi connectivity index (χ2n) is 6.02. The van der Waals surface area contributed by atoms with Gasteiger partial charge in [0.15, 0.2) is 0 Å². The maximum Gasteiger partial charge on any atom is 0.234 e. The Bertz CT molecular complexity index is 575. The van der Waals surface area contributed by atoms with E-state index in [9.17, 15) is 4.79 Å². The molecule has 1 amide bonds. The van der Waals surface area contributed by atoms with Crippen molar-refractivity contribution in [1.29, 1.82) is 0 Å². The van der Waals surface area contributed by atoms with Crippen LogP contribution in [-0.4, -0.2) is 75.5 Å². The Labute approximate surface area is 154 Å². The first-order valence-corrected chi connectivity index (χ1v) is 9.84. The topological polar surface area (TPSA) is 54.0 Å². The van der Waals surface area contributed by atoms with Crippen LogP contribution in [0.5, 0.6) is 11.5 Å². The molecule has 140 valence electrons. The molecule has 0 saturated carbocycles. The lowest BCUT2D eigenvalue weighted by Gasteiger charge is -2.34. The molecular formula is C18H29N3O3S. The third-order valence-corrected chi connectivity index (χ3v) is 5.15. The maximum absolute atomic E-state index is 11.7. The fourth-order valence-electron chi connectivity index (χ4n) is 3.02. The van der Waals surface area contributed by atoms with Gasteiger partial charge >= 0.3 is 0 Å². The van der Waals surface area contributed by atoms with Crippen LogP contribution in [0, 0.1) is 0 Å². The average molecular weight is 368 g/mol. The molecule has 1 N–H and O–H groups in total. The molecule has 1 heterocycles. The predicted molar refractivity (Wildman–Crippen MR) is 102 cm³/mol. The zero-order chi connectivity index (χ0) is 18.2. The highest BCUT2D eigenvalue weighted by molar-refractivity contribution is 7.98. The summed E-state index contributed by atoms with van der Waals surface area (Å²) in [6.07, 6.45) is 2.03. The molecule has 0 atom stereocenters. The van der Waals surface area contributed by atoms with E-state index in [0.717, 1.165) is 54.7 Å². The minimum Gasteiger partial charge on any atom is -0.496 e. The number of benzene rings is 1. The third kappa shape index (κ3) is 5.52. The molecule has 0 spiro atoms. The van der Waals surface area contributed by atoms with Crippen LogP contribution < -0.4 is 14.8 Å². The van der Waals surface area contributed by atoms with Crippen molar-refractivity contribution < 1.29 is 14.3 Å². The van der Waals surface area contributed by atoms with Crippen molar-refractivity contribution in [1.82, 2.24) is 15.1 Å². The van der Waals surface area contributed by atoms with Gasteiger partial charge in [-0.2, -0.15) is 0 Å². The lowest BCUT2D eigenvalue weighted by Crippen LogP contribution is -2.49. The average Bonchev–Trinajstić information content (AvgIpc) is 2.63. The number of rotatable bonds is 8. The summed E-state index contributed by atoms with van der Waals surface area (Å²) in [5, 5.41) is 2.86. The summed E-state index contributed by atoms with van der Waals surface area (Å²) in [6, 6.07) is 4.12. The quantitative estimate of drug-likeness (QED) is 0.706. The standard InChI is InChI=1S/C18H29N3O3S/c1-5-19-18(22)13-21-8-6-20(7-9-21)12-14-10-16(24-3)17(25-4)11-15(14)23-2/h10-11H,5-9,12-13H2,1-4H3,(H,19,22). The van der Waals surface area contributed by atoms with Gasteiger partial charge in [0.25, 0.3) is 0 Å². The van der Waals surface area contributed by atoms with E-state index in [-0.39, 0.29) is 5.91 Å². The summed E-state index contributed by atoms with van der Waals surface area (Å²) >= 11 is 1.65. The summed E-state index contributed by atoms with van der Waals surface area (Å²) < 4.78 is 11.1. The highest BCUT2D eigenvalue weighted by atomic mass is 32.2. The fraction of sp³-hybridized carbons (Fsp3) is 0.611. The molecule has 0 radical (unpaired) electrons. The number of hydrogen-bond donors (Lipinski definition) is 1. The first kappa shape index (κ1) is 19.9. The Morgan fingerprint density at radius 3 is 2.32 bits per heavy atom. The summed E-state index contributed by atoms with van der Waals surface area (Å²) in [7, 11) is 3.41. The van der Waals surface area contributed by atoms with Crippen molar-refractivity contribution in [3.05, 3.63) is 17.7 Å². The SMILES string of the molecule is CCNC(=O)CN1CCN(Cc2cc(OC)c(SC)cc2OC)CC1. The molecule has 0 bridgehead atoms. The summed E-state index contributed by atoms with van der Waals surface area (Å²) in [6.45, 7) is 7.62. The molecule has 0 aromatic heterocycles. The number of hydrogen-bond acceptors (Lipinski definition) is 6. The molecule has 7 heteroatoms. The normalized spacial score (nSPS) is 15.8. The van der Waals surface area contributed by atoms with E-state index in [1.807, 2.05) is 19.2 Å². The Hall–Kier alpha value is -1.44. The smallest absolute Gasteiger partial charge is 0.234 e. The van der Waals surface area contributed by atoms with Gasteiger partial charge in [-0.05, 0) is 25.3 Å². The number of carbonyl (C=O) groups excluding carboxylic acids is 1. The fourth-order valence-corrected chi connectivity index (χ4v) is 3.59. The van der Waals surface area contributed by atoms with Gasteiger partial charge in [-0.25, -0.2) is 0 Å². The second kappa shape index (κ2) is 9.89. The van der Waals surface area contributed by atoms with Crippen molar-refractivity contribution in [2.75, 3.05) is 59.7 Å². The van der Waals surface area contributed by atoms with E-state index in [0.29, 0.717) is 13.1 Å². The molecule has 0 aliphatic carbocycles. The number of amides is 1. The number of likely N-dealkylation sites (N-methyl/N-ethyl adjacent to an activating group) is 1. The third-order valence-electron chi connectivity index (χ3n) is 4.39. The van der Waals surface area contributed by atoms with Gasteiger partial charge in [0, 0.05) is 44.8 Å². The molecule has 1 aromatic carbocycles. The van der Waals surface area contributed by atoms with Crippen LogP contribution in [-0.2, 0) is 11.3 Å².